The number of rotatable bonds is 11. The summed E-state index contributed by atoms with van der Waals surface area (Å²) < 4.78 is 26.7. The first-order chi connectivity index (χ1) is 49.5. The van der Waals surface area contributed by atoms with Crippen LogP contribution in [-0.4, -0.2) is 19.9 Å². The van der Waals surface area contributed by atoms with Gasteiger partial charge in [0, 0.05) is 87.6 Å². The molecule has 0 saturated heterocycles. The monoisotopic (exact) mass is 1280 g/mol. The topological polar surface area (TPSA) is 104 Å². The Morgan fingerprint density at radius 2 is 0.530 bits per heavy atom. The molecule has 0 radical (unpaired) electrons. The van der Waals surface area contributed by atoms with Crippen molar-refractivity contribution in [2.75, 3.05) is 0 Å². The standard InChI is InChI=1S/C92H54N4O4/c1-4-20-55(21-5-1)79-53-81(95-91(93-79)56-22-6-2-7-23-56)63-39-43-66(71-32-19-33-72-67-28-10-16-36-85(67)99-89(71)72)74(50-63)78-52-64(51-77-70-31-13-17-37-86(70)100-90(77)78)58-26-18-27-61(46-58)80-54-82(96-92(94-80)57-24-8-3-9-25-57)62-38-42-65(59-40-44-87-75(47-59)68-29-11-14-34-83(68)97-87)73(49-62)60-41-45-88-76(48-60)69-30-12-15-35-84(69)98-88/h1-54H. The molecule has 20 rings (SSSR count). The lowest BCUT2D eigenvalue weighted by Gasteiger charge is -2.16. The van der Waals surface area contributed by atoms with Crippen LogP contribution in [-0.2, 0) is 0 Å². The first-order valence-corrected chi connectivity index (χ1v) is 33.5. The van der Waals surface area contributed by atoms with Crippen LogP contribution in [0, 0.1) is 0 Å². The third-order valence-electron chi connectivity index (χ3n) is 19.5. The first kappa shape index (κ1) is 56.8. The number of furan rings is 4. The van der Waals surface area contributed by atoms with Crippen LogP contribution in [0.15, 0.2) is 345 Å². The molecule has 20 aromatic rings. The molecule has 8 heteroatoms. The van der Waals surface area contributed by atoms with Gasteiger partial charge in [0.15, 0.2) is 11.6 Å². The van der Waals surface area contributed by atoms with Crippen LogP contribution < -0.4 is 0 Å². The average Bonchev–Trinajstić information content (AvgIpc) is 1.45. The van der Waals surface area contributed by atoms with Crippen LogP contribution in [0.5, 0.6) is 0 Å². The van der Waals surface area contributed by atoms with Crippen molar-refractivity contribution < 1.29 is 17.7 Å². The summed E-state index contributed by atoms with van der Waals surface area (Å²) in [7, 11) is 0. The summed E-state index contributed by atoms with van der Waals surface area (Å²) in [6.07, 6.45) is 0. The van der Waals surface area contributed by atoms with Crippen LogP contribution in [0.4, 0.5) is 0 Å². The van der Waals surface area contributed by atoms with Gasteiger partial charge in [0.2, 0.25) is 0 Å². The molecule has 0 bridgehead atoms. The zero-order valence-corrected chi connectivity index (χ0v) is 53.6. The Balaban J connectivity index is 0.774. The van der Waals surface area contributed by atoms with Gasteiger partial charge in [-0.25, -0.2) is 19.9 Å². The Bertz CT molecular complexity index is 6600. The maximum atomic E-state index is 7.11. The summed E-state index contributed by atoms with van der Waals surface area (Å²) in [5.41, 5.74) is 25.4. The van der Waals surface area contributed by atoms with E-state index in [0.717, 1.165) is 200 Å². The maximum Gasteiger partial charge on any atom is 0.160 e. The van der Waals surface area contributed by atoms with E-state index in [-0.39, 0.29) is 0 Å². The molecule has 0 aliphatic carbocycles. The van der Waals surface area contributed by atoms with E-state index in [9.17, 15) is 0 Å². The van der Waals surface area contributed by atoms with Gasteiger partial charge >= 0.3 is 0 Å². The first-order valence-electron chi connectivity index (χ1n) is 33.5. The normalized spacial score (nSPS) is 11.8. The van der Waals surface area contributed by atoms with Crippen LogP contribution in [0.25, 0.3) is 211 Å². The lowest BCUT2D eigenvalue weighted by Crippen LogP contribution is -1.97. The molecule has 466 valence electrons. The second-order valence-electron chi connectivity index (χ2n) is 25.5. The van der Waals surface area contributed by atoms with Crippen molar-refractivity contribution in [3.8, 4) is 123 Å². The molecule has 6 heterocycles. The van der Waals surface area contributed by atoms with E-state index in [1.807, 2.05) is 97.1 Å². The largest absolute Gasteiger partial charge is 0.456 e. The third-order valence-corrected chi connectivity index (χ3v) is 19.5. The SMILES string of the molecule is c1ccc(-c2cc(-c3ccc(-c4cccc5c4oc4ccccc45)c(-c4cc(-c5cccc(-c6cc(-c7ccc(-c8ccc9oc%10ccccc%10c9c8)c(-c8ccc9oc%10ccccc%10c9c8)c7)nc(-c7ccccc7)n6)c5)cc5c4oc4ccccc45)c3)nc(-c3ccccc3)n2)cc1. The second-order valence-corrected chi connectivity index (χ2v) is 25.5. The van der Waals surface area contributed by atoms with Gasteiger partial charge in [0.25, 0.3) is 0 Å². The van der Waals surface area contributed by atoms with E-state index in [0.29, 0.717) is 11.6 Å². The fraction of sp³-hybridized carbons (Fsp3) is 0. The smallest absolute Gasteiger partial charge is 0.160 e. The van der Waals surface area contributed by atoms with Crippen LogP contribution >= 0.6 is 0 Å². The van der Waals surface area contributed by atoms with E-state index in [4.69, 9.17) is 37.6 Å². The number of fused-ring (bicyclic) bond motifs is 12. The van der Waals surface area contributed by atoms with Gasteiger partial charge in [-0.2, -0.15) is 0 Å². The van der Waals surface area contributed by atoms with Crippen LogP contribution in [0.1, 0.15) is 0 Å². The molecule has 6 aromatic heterocycles. The van der Waals surface area contributed by atoms with Crippen molar-refractivity contribution in [3.63, 3.8) is 0 Å². The molecule has 100 heavy (non-hydrogen) atoms. The Kier molecular flexibility index (Phi) is 13.1. The highest BCUT2D eigenvalue weighted by Crippen LogP contribution is 2.48. The van der Waals surface area contributed by atoms with E-state index >= 15 is 0 Å². The highest BCUT2D eigenvalue weighted by molar-refractivity contribution is 6.16. The minimum absolute atomic E-state index is 0.614. The summed E-state index contributed by atoms with van der Waals surface area (Å²) in [5.74, 6) is 1.25. The number of benzene rings is 14. The number of hydrogen-bond acceptors (Lipinski definition) is 8. The van der Waals surface area contributed by atoms with E-state index < -0.39 is 0 Å². The fourth-order valence-corrected chi connectivity index (χ4v) is 14.7. The van der Waals surface area contributed by atoms with Crippen LogP contribution in [0.2, 0.25) is 0 Å². The van der Waals surface area contributed by atoms with E-state index in [1.54, 1.807) is 0 Å². The van der Waals surface area contributed by atoms with Crippen molar-refractivity contribution in [2.24, 2.45) is 0 Å². The van der Waals surface area contributed by atoms with E-state index in [2.05, 4.69) is 231 Å². The van der Waals surface area contributed by atoms with Gasteiger partial charge in [-0.15, -0.1) is 0 Å². The molecule has 0 aliphatic rings. The van der Waals surface area contributed by atoms with Gasteiger partial charge in [-0.05, 0) is 136 Å². The Morgan fingerprint density at radius 3 is 1.10 bits per heavy atom. The molecule has 0 saturated carbocycles. The molecule has 0 amide bonds. The number of nitrogens with zero attached hydrogens (tertiary/aromatic N) is 4. The highest BCUT2D eigenvalue weighted by Gasteiger charge is 2.24. The predicted octanol–water partition coefficient (Wildman–Crippen LogP) is 25.2. The molecule has 14 aromatic carbocycles. The van der Waals surface area contributed by atoms with Crippen LogP contribution in [0.3, 0.4) is 0 Å². The molecule has 0 unspecified atom stereocenters. The minimum Gasteiger partial charge on any atom is -0.456 e. The second kappa shape index (κ2) is 23.1. The van der Waals surface area contributed by atoms with Crippen molar-refractivity contribution in [3.05, 3.63) is 328 Å². The fourth-order valence-electron chi connectivity index (χ4n) is 14.7. The number of aromatic nitrogens is 4. The van der Waals surface area contributed by atoms with Crippen molar-refractivity contribution in [1.82, 2.24) is 19.9 Å². The molecule has 0 atom stereocenters. The van der Waals surface area contributed by atoms with Gasteiger partial charge in [-0.1, -0.05) is 237 Å². The zero-order chi connectivity index (χ0) is 65.8. The Labute approximate surface area is 573 Å². The molecule has 0 fully saturated rings. The summed E-state index contributed by atoms with van der Waals surface area (Å²) in [4.78, 5) is 21.4. The summed E-state index contributed by atoms with van der Waals surface area (Å²) in [5, 5.41) is 8.35. The molecular weight excluding hydrogens is 1230 g/mol. The van der Waals surface area contributed by atoms with Gasteiger partial charge in [0.1, 0.15) is 44.7 Å². The predicted molar refractivity (Wildman–Crippen MR) is 407 cm³/mol. The third kappa shape index (κ3) is 9.68. The van der Waals surface area contributed by atoms with Crippen molar-refractivity contribution in [2.45, 2.75) is 0 Å². The number of para-hydroxylation sites is 5. The summed E-state index contributed by atoms with van der Waals surface area (Å²) in [6.45, 7) is 0. The maximum absolute atomic E-state index is 7.11. The lowest BCUT2D eigenvalue weighted by atomic mass is 9.88. The molecule has 8 nitrogen and oxygen atoms in total. The highest BCUT2D eigenvalue weighted by atomic mass is 16.3. The molecule has 0 spiro atoms. The molecular formula is C92H54N4O4. The van der Waals surface area contributed by atoms with Gasteiger partial charge in [-0.3, -0.25) is 0 Å². The summed E-state index contributed by atoms with van der Waals surface area (Å²) >= 11 is 0. The average molecular weight is 1280 g/mol. The lowest BCUT2D eigenvalue weighted by molar-refractivity contribution is 0.668. The van der Waals surface area contributed by atoms with E-state index in [1.165, 1.54) is 0 Å². The van der Waals surface area contributed by atoms with Gasteiger partial charge in [0.05, 0.1) is 22.8 Å². The number of hydrogen-bond donors (Lipinski definition) is 0. The Morgan fingerprint density at radius 1 is 0.160 bits per heavy atom. The van der Waals surface area contributed by atoms with Crippen molar-refractivity contribution >= 4 is 87.8 Å². The zero-order valence-electron chi connectivity index (χ0n) is 53.6. The quantitative estimate of drug-likeness (QED) is 0.126. The molecule has 0 aliphatic heterocycles. The van der Waals surface area contributed by atoms with Gasteiger partial charge < -0.3 is 17.7 Å². The Hall–Kier alpha value is -13.6. The molecule has 0 N–H and O–H groups in total. The summed E-state index contributed by atoms with van der Waals surface area (Å²) in [6, 6.07) is 114. The van der Waals surface area contributed by atoms with Crippen molar-refractivity contribution in [1.29, 1.82) is 0 Å². The minimum atomic E-state index is 0.614.